The van der Waals surface area contributed by atoms with Crippen molar-refractivity contribution in [3.8, 4) is 6.07 Å². The number of nitriles is 1. The average molecular weight is 219 g/mol. The van der Waals surface area contributed by atoms with E-state index in [0.717, 1.165) is 24.3 Å². The molecule has 0 bridgehead atoms. The minimum absolute atomic E-state index is 0.151. The van der Waals surface area contributed by atoms with E-state index < -0.39 is 0 Å². The Balaban J connectivity index is 1.87. The van der Waals surface area contributed by atoms with Crippen LogP contribution in [0.5, 0.6) is 0 Å². The molecule has 1 fully saturated rings. The van der Waals surface area contributed by atoms with E-state index in [1.165, 1.54) is 12.8 Å². The van der Waals surface area contributed by atoms with E-state index in [1.807, 2.05) is 13.0 Å². The van der Waals surface area contributed by atoms with E-state index in [1.54, 1.807) is 0 Å². The standard InChI is InChI=1S/C12H17N3O/c1-9-6-11(16-15-9)8-14-12-5-3-2-4-10(12)7-13/h6,10,12,14H,2-5,8H2,1H3. The van der Waals surface area contributed by atoms with Gasteiger partial charge in [0.2, 0.25) is 0 Å². The van der Waals surface area contributed by atoms with Crippen molar-refractivity contribution in [2.24, 2.45) is 5.92 Å². The number of aryl methyl sites for hydroxylation is 1. The second-order valence-electron chi connectivity index (χ2n) is 4.44. The summed E-state index contributed by atoms with van der Waals surface area (Å²) in [6.07, 6.45) is 4.50. The molecule has 0 aliphatic heterocycles. The van der Waals surface area contributed by atoms with Gasteiger partial charge in [-0.25, -0.2) is 0 Å². The maximum absolute atomic E-state index is 9.04. The van der Waals surface area contributed by atoms with Gasteiger partial charge in [-0.15, -0.1) is 0 Å². The molecule has 0 aromatic carbocycles. The summed E-state index contributed by atoms with van der Waals surface area (Å²) in [6, 6.07) is 4.62. The van der Waals surface area contributed by atoms with E-state index in [-0.39, 0.29) is 5.92 Å². The van der Waals surface area contributed by atoms with Gasteiger partial charge in [-0.3, -0.25) is 0 Å². The van der Waals surface area contributed by atoms with Crippen molar-refractivity contribution in [2.75, 3.05) is 0 Å². The van der Waals surface area contributed by atoms with Gasteiger partial charge in [0.1, 0.15) is 0 Å². The topological polar surface area (TPSA) is 61.9 Å². The van der Waals surface area contributed by atoms with Gasteiger partial charge in [0.15, 0.2) is 5.76 Å². The zero-order valence-corrected chi connectivity index (χ0v) is 9.57. The fraction of sp³-hybridized carbons (Fsp3) is 0.667. The highest BCUT2D eigenvalue weighted by atomic mass is 16.5. The molecule has 1 aliphatic rings. The summed E-state index contributed by atoms with van der Waals surface area (Å²) < 4.78 is 5.13. The van der Waals surface area contributed by atoms with Crippen molar-refractivity contribution in [1.82, 2.24) is 10.5 Å². The fourth-order valence-electron chi connectivity index (χ4n) is 2.26. The number of nitrogens with one attached hydrogen (secondary N) is 1. The van der Waals surface area contributed by atoms with Crippen LogP contribution in [-0.2, 0) is 6.54 Å². The smallest absolute Gasteiger partial charge is 0.150 e. The molecule has 1 saturated carbocycles. The summed E-state index contributed by atoms with van der Waals surface area (Å²) in [6.45, 7) is 2.58. The minimum Gasteiger partial charge on any atom is -0.360 e. The molecular weight excluding hydrogens is 202 g/mol. The van der Waals surface area contributed by atoms with Crippen LogP contribution < -0.4 is 5.32 Å². The predicted octanol–water partition coefficient (Wildman–Crippen LogP) is 2.16. The normalized spacial score (nSPS) is 25.2. The molecular formula is C12H17N3O. The number of aromatic nitrogens is 1. The summed E-state index contributed by atoms with van der Waals surface area (Å²) in [5.74, 6) is 0.998. The SMILES string of the molecule is Cc1cc(CNC2CCCCC2C#N)on1. The van der Waals surface area contributed by atoms with Crippen molar-refractivity contribution in [1.29, 1.82) is 5.26 Å². The average Bonchev–Trinajstić information content (AvgIpc) is 2.73. The second-order valence-corrected chi connectivity index (χ2v) is 4.44. The molecule has 1 heterocycles. The highest BCUT2D eigenvalue weighted by molar-refractivity contribution is 5.03. The molecule has 2 atom stereocenters. The Hall–Kier alpha value is -1.34. The van der Waals surface area contributed by atoms with Crippen LogP contribution in [0.4, 0.5) is 0 Å². The molecule has 4 nitrogen and oxygen atoms in total. The fourth-order valence-corrected chi connectivity index (χ4v) is 2.26. The lowest BCUT2D eigenvalue weighted by molar-refractivity contribution is 0.292. The summed E-state index contributed by atoms with van der Waals surface area (Å²) in [5, 5.41) is 16.3. The second kappa shape index (κ2) is 5.13. The van der Waals surface area contributed by atoms with E-state index >= 15 is 0 Å². The summed E-state index contributed by atoms with van der Waals surface area (Å²) in [7, 11) is 0. The number of hydrogen-bond donors (Lipinski definition) is 1. The molecule has 4 heteroatoms. The molecule has 0 amide bonds. The van der Waals surface area contributed by atoms with Crippen LogP contribution in [0.3, 0.4) is 0 Å². The maximum Gasteiger partial charge on any atom is 0.150 e. The van der Waals surface area contributed by atoms with Crippen LogP contribution in [0, 0.1) is 24.2 Å². The molecule has 2 rings (SSSR count). The van der Waals surface area contributed by atoms with E-state index in [4.69, 9.17) is 9.78 Å². The molecule has 0 saturated heterocycles. The first-order valence-corrected chi connectivity index (χ1v) is 5.85. The number of hydrogen-bond acceptors (Lipinski definition) is 4. The van der Waals surface area contributed by atoms with Gasteiger partial charge >= 0.3 is 0 Å². The summed E-state index contributed by atoms with van der Waals surface area (Å²) in [5.41, 5.74) is 0.900. The molecule has 1 aromatic heterocycles. The zero-order chi connectivity index (χ0) is 11.4. The Kier molecular flexibility index (Phi) is 3.58. The highest BCUT2D eigenvalue weighted by Crippen LogP contribution is 2.24. The number of nitrogens with zero attached hydrogens (tertiary/aromatic N) is 2. The Morgan fingerprint density at radius 2 is 2.38 bits per heavy atom. The molecule has 1 aromatic rings. The molecule has 16 heavy (non-hydrogen) atoms. The minimum atomic E-state index is 0.151. The molecule has 1 N–H and O–H groups in total. The molecule has 0 spiro atoms. The van der Waals surface area contributed by atoms with Gasteiger partial charge in [-0.2, -0.15) is 5.26 Å². The third kappa shape index (κ3) is 2.61. The first-order chi connectivity index (χ1) is 7.79. The first-order valence-electron chi connectivity index (χ1n) is 5.85. The quantitative estimate of drug-likeness (QED) is 0.846. The van der Waals surface area contributed by atoms with Crippen LogP contribution in [0.1, 0.15) is 37.1 Å². The Morgan fingerprint density at radius 1 is 1.56 bits per heavy atom. The van der Waals surface area contributed by atoms with Gasteiger partial charge < -0.3 is 9.84 Å². The van der Waals surface area contributed by atoms with Crippen LogP contribution in [0.25, 0.3) is 0 Å². The Labute approximate surface area is 95.6 Å². The third-order valence-electron chi connectivity index (χ3n) is 3.15. The van der Waals surface area contributed by atoms with Gasteiger partial charge in [-0.05, 0) is 19.8 Å². The molecule has 1 aliphatic carbocycles. The van der Waals surface area contributed by atoms with Gasteiger partial charge in [-0.1, -0.05) is 18.0 Å². The molecule has 0 radical (unpaired) electrons. The van der Waals surface area contributed by atoms with E-state index in [0.29, 0.717) is 12.6 Å². The summed E-state index contributed by atoms with van der Waals surface area (Å²) >= 11 is 0. The zero-order valence-electron chi connectivity index (χ0n) is 9.57. The maximum atomic E-state index is 9.04. The third-order valence-corrected chi connectivity index (χ3v) is 3.15. The Morgan fingerprint density at radius 3 is 3.06 bits per heavy atom. The Bertz CT molecular complexity index is 380. The lowest BCUT2D eigenvalue weighted by Gasteiger charge is -2.27. The predicted molar refractivity (Wildman–Crippen MR) is 59.4 cm³/mol. The van der Waals surface area contributed by atoms with Crippen molar-refractivity contribution >= 4 is 0 Å². The molecule has 86 valence electrons. The van der Waals surface area contributed by atoms with Crippen LogP contribution in [0.15, 0.2) is 10.6 Å². The van der Waals surface area contributed by atoms with Crippen molar-refractivity contribution in [3.05, 3.63) is 17.5 Å². The van der Waals surface area contributed by atoms with Gasteiger partial charge in [0, 0.05) is 12.1 Å². The number of rotatable bonds is 3. The largest absolute Gasteiger partial charge is 0.360 e. The van der Waals surface area contributed by atoms with Crippen LogP contribution >= 0.6 is 0 Å². The van der Waals surface area contributed by atoms with Crippen molar-refractivity contribution < 1.29 is 4.52 Å². The molecule has 2 unspecified atom stereocenters. The van der Waals surface area contributed by atoms with E-state index in [2.05, 4.69) is 16.5 Å². The van der Waals surface area contributed by atoms with E-state index in [9.17, 15) is 0 Å². The summed E-state index contributed by atoms with van der Waals surface area (Å²) in [4.78, 5) is 0. The van der Waals surface area contributed by atoms with Gasteiger partial charge in [0.25, 0.3) is 0 Å². The van der Waals surface area contributed by atoms with Crippen molar-refractivity contribution in [2.45, 2.75) is 45.2 Å². The monoisotopic (exact) mass is 219 g/mol. The lowest BCUT2D eigenvalue weighted by atomic mass is 9.85. The van der Waals surface area contributed by atoms with Crippen molar-refractivity contribution in [3.63, 3.8) is 0 Å². The lowest BCUT2D eigenvalue weighted by Crippen LogP contribution is -2.37. The van der Waals surface area contributed by atoms with Crippen LogP contribution in [-0.4, -0.2) is 11.2 Å². The van der Waals surface area contributed by atoms with Gasteiger partial charge in [0.05, 0.1) is 24.2 Å². The highest BCUT2D eigenvalue weighted by Gasteiger charge is 2.24. The first kappa shape index (κ1) is 11.2. The van der Waals surface area contributed by atoms with Crippen LogP contribution in [0.2, 0.25) is 0 Å².